The molecule has 5 rings (SSSR count). The van der Waals surface area contributed by atoms with Crippen molar-refractivity contribution in [3.8, 4) is 0 Å². The van der Waals surface area contributed by atoms with E-state index in [4.69, 9.17) is 14.2 Å². The predicted molar refractivity (Wildman–Crippen MR) is 165 cm³/mol. The molecule has 3 N–H and O–H groups in total. The number of nitrogens with zero attached hydrogens (tertiary/aromatic N) is 2. The first-order chi connectivity index (χ1) is 20.1. The maximum atomic E-state index is 13.8. The van der Waals surface area contributed by atoms with Crippen molar-refractivity contribution in [1.82, 2.24) is 9.97 Å². The summed E-state index contributed by atoms with van der Waals surface area (Å²) in [4.78, 5) is 23.8. The summed E-state index contributed by atoms with van der Waals surface area (Å²) in [5.41, 5.74) is 3.00. The van der Waals surface area contributed by atoms with Crippen molar-refractivity contribution in [2.45, 2.75) is 106 Å². The molecular weight excluding hydrogens is 554 g/mol. The highest BCUT2D eigenvalue weighted by Gasteiger charge is 2.34. The van der Waals surface area contributed by atoms with Gasteiger partial charge in [0, 0.05) is 38.3 Å². The summed E-state index contributed by atoms with van der Waals surface area (Å²) in [6, 6.07) is 6.28. The van der Waals surface area contributed by atoms with Gasteiger partial charge in [-0.05, 0) is 80.4 Å². The van der Waals surface area contributed by atoms with Gasteiger partial charge in [0.1, 0.15) is 0 Å². The van der Waals surface area contributed by atoms with Crippen molar-refractivity contribution in [2.75, 3.05) is 32.2 Å². The lowest BCUT2D eigenvalue weighted by Crippen LogP contribution is -2.27. The zero-order valence-electron chi connectivity index (χ0n) is 25.0. The minimum atomic E-state index is -0.964. The van der Waals surface area contributed by atoms with Crippen molar-refractivity contribution in [3.05, 3.63) is 47.4 Å². The minimum Gasteiger partial charge on any atom is -0.412 e. The normalized spacial score (nSPS) is 19.8. The van der Waals surface area contributed by atoms with Crippen molar-refractivity contribution in [2.24, 2.45) is 5.92 Å². The number of aromatic nitrogens is 2. The van der Waals surface area contributed by atoms with Crippen LogP contribution in [0.25, 0.3) is 0 Å². The summed E-state index contributed by atoms with van der Waals surface area (Å²) in [5, 5.41) is 3.32. The second-order valence-electron chi connectivity index (χ2n) is 11.7. The number of hydrogen-bond donors (Lipinski definition) is 1. The van der Waals surface area contributed by atoms with E-state index in [1.54, 1.807) is 19.5 Å². The Morgan fingerprint density at radius 3 is 2.55 bits per heavy atom. The Labute approximate surface area is 253 Å². The molecule has 9 nitrogen and oxygen atoms in total. The Kier molecular flexibility index (Phi) is 12.5. The van der Waals surface area contributed by atoms with Crippen LogP contribution in [0.5, 0.6) is 0 Å². The second kappa shape index (κ2) is 16.0. The summed E-state index contributed by atoms with van der Waals surface area (Å²) in [5.74, 6) is 0.941. The molecule has 10 heteroatoms. The van der Waals surface area contributed by atoms with Crippen LogP contribution in [0.3, 0.4) is 0 Å². The van der Waals surface area contributed by atoms with Gasteiger partial charge in [-0.2, -0.15) is 0 Å². The van der Waals surface area contributed by atoms with Crippen LogP contribution in [-0.4, -0.2) is 64.0 Å². The first-order valence-corrected chi connectivity index (χ1v) is 16.6. The number of rotatable bonds is 15. The molecule has 42 heavy (non-hydrogen) atoms. The Morgan fingerprint density at radius 2 is 1.93 bits per heavy atom. The Hall–Kier alpha value is -2.24. The van der Waals surface area contributed by atoms with E-state index < -0.39 is 10.8 Å². The largest absolute Gasteiger partial charge is 0.412 e. The zero-order chi connectivity index (χ0) is 28.6. The van der Waals surface area contributed by atoms with Crippen molar-refractivity contribution < 1.29 is 30.1 Å². The number of methoxy groups -OCH3 is 1. The van der Waals surface area contributed by atoms with Crippen molar-refractivity contribution in [3.63, 3.8) is 0 Å². The van der Waals surface area contributed by atoms with Crippen LogP contribution >= 0.6 is 0 Å². The summed E-state index contributed by atoms with van der Waals surface area (Å²) in [7, 11) is 0.693. The lowest BCUT2D eigenvalue weighted by Gasteiger charge is -2.28. The predicted octanol–water partition coefficient (Wildman–Crippen LogP) is 5.31. The number of nitrogens with one attached hydrogen (secondary N) is 1. The number of carbonyl (C=O) groups excluding carboxylic acids is 1. The quantitative estimate of drug-likeness (QED) is 0.273. The zero-order valence-corrected chi connectivity index (χ0v) is 25.8. The topological polar surface area (TPSA) is 131 Å². The standard InChI is InChI=1S/C32H45N3O5S.H2O.H2/c1-3-5-31(38-2)40-17-14-25-20-34-30(21-33-25)35-32(36)28(18-22-12-15-39-16-13-22)24-10-11-29(27(19-24)23-8-9-23)41(37)26-6-4-7-26;;/h10-11,19-23,26,28,31H,3-9,12-18H2,1-2H3,(H,34,35,36);1H2;1H/t28-,31?,41?;;/m1../s1. The summed E-state index contributed by atoms with van der Waals surface area (Å²) < 4.78 is 30.0. The fourth-order valence-electron chi connectivity index (χ4n) is 5.72. The Morgan fingerprint density at radius 1 is 1.14 bits per heavy atom. The Balaban J connectivity index is 0.00000253. The van der Waals surface area contributed by atoms with Crippen LogP contribution in [-0.2, 0) is 36.2 Å². The molecule has 234 valence electrons. The highest BCUT2D eigenvalue weighted by atomic mass is 32.2. The molecule has 2 unspecified atom stereocenters. The van der Waals surface area contributed by atoms with E-state index in [9.17, 15) is 9.00 Å². The van der Waals surface area contributed by atoms with Gasteiger partial charge in [0.05, 0.1) is 41.4 Å². The number of carbonyl (C=O) groups is 1. The van der Waals surface area contributed by atoms with Crippen LogP contribution in [0.4, 0.5) is 5.82 Å². The molecule has 0 bridgehead atoms. The molecule has 3 fully saturated rings. The molecule has 3 atom stereocenters. The molecule has 1 aromatic heterocycles. The highest BCUT2D eigenvalue weighted by Crippen LogP contribution is 2.45. The maximum absolute atomic E-state index is 13.8. The van der Waals surface area contributed by atoms with Gasteiger partial charge in [0.15, 0.2) is 12.1 Å². The van der Waals surface area contributed by atoms with Gasteiger partial charge in [-0.1, -0.05) is 31.9 Å². The van der Waals surface area contributed by atoms with Crippen LogP contribution < -0.4 is 5.32 Å². The van der Waals surface area contributed by atoms with Gasteiger partial charge in [0.25, 0.3) is 0 Å². The molecule has 1 amide bonds. The maximum Gasteiger partial charge on any atom is 0.233 e. The molecule has 1 saturated heterocycles. The average Bonchev–Trinajstić information content (AvgIpc) is 3.81. The Bertz CT molecular complexity index is 1170. The summed E-state index contributed by atoms with van der Waals surface area (Å²) in [6.07, 6.45) is 13.8. The SMILES string of the molecule is CCCC(OC)OCCc1cnc(NC(=O)[C@H](CC2CCOCC2)c2ccc(S(=O)C3CCC3)c(C3CC3)c2)cn1.O.[HH]. The second-order valence-corrected chi connectivity index (χ2v) is 13.4. The van der Waals surface area contributed by atoms with Gasteiger partial charge in [-0.15, -0.1) is 0 Å². The third kappa shape index (κ3) is 8.66. The van der Waals surface area contributed by atoms with Gasteiger partial charge in [0.2, 0.25) is 5.91 Å². The summed E-state index contributed by atoms with van der Waals surface area (Å²) >= 11 is 0. The molecule has 2 heterocycles. The molecule has 2 aliphatic carbocycles. The van der Waals surface area contributed by atoms with Gasteiger partial charge >= 0.3 is 0 Å². The fraction of sp³-hybridized carbons (Fsp3) is 0.656. The molecule has 0 radical (unpaired) electrons. The van der Waals surface area contributed by atoms with Gasteiger partial charge in [-0.3, -0.25) is 14.0 Å². The van der Waals surface area contributed by atoms with E-state index in [1.165, 1.54) is 12.0 Å². The van der Waals surface area contributed by atoms with Crippen molar-refractivity contribution >= 4 is 22.5 Å². The molecule has 2 aromatic rings. The molecular formula is C32H49N3O6S. The third-order valence-corrected chi connectivity index (χ3v) is 10.5. The molecule has 2 saturated carbocycles. The van der Waals surface area contributed by atoms with Crippen LogP contribution in [0.1, 0.15) is 101 Å². The minimum absolute atomic E-state index is 0. The van der Waals surface area contributed by atoms with Crippen molar-refractivity contribution in [1.29, 1.82) is 0 Å². The van der Waals surface area contributed by atoms with Crippen LogP contribution in [0.2, 0.25) is 0 Å². The first-order valence-electron chi connectivity index (χ1n) is 15.4. The van der Waals surface area contributed by atoms with Gasteiger partial charge in [-0.25, -0.2) is 4.98 Å². The molecule has 3 aliphatic rings. The van der Waals surface area contributed by atoms with E-state index in [-0.39, 0.29) is 30.3 Å². The lowest BCUT2D eigenvalue weighted by atomic mass is 9.83. The van der Waals surface area contributed by atoms with Gasteiger partial charge < -0.3 is 25.0 Å². The van der Waals surface area contributed by atoms with Crippen LogP contribution in [0.15, 0.2) is 35.5 Å². The molecule has 1 aromatic carbocycles. The summed E-state index contributed by atoms with van der Waals surface area (Å²) in [6.45, 7) is 4.08. The average molecular weight is 604 g/mol. The van der Waals surface area contributed by atoms with E-state index in [0.717, 1.165) is 87.2 Å². The first kappa shape index (κ1) is 32.7. The monoisotopic (exact) mass is 603 g/mol. The van der Waals surface area contributed by atoms with Crippen LogP contribution in [0, 0.1) is 5.92 Å². The van der Waals surface area contributed by atoms with E-state index in [1.807, 2.05) is 12.1 Å². The smallest absolute Gasteiger partial charge is 0.233 e. The fourth-order valence-corrected chi connectivity index (χ4v) is 7.50. The number of anilines is 1. The molecule has 0 spiro atoms. The third-order valence-electron chi connectivity index (χ3n) is 8.66. The number of hydrogen-bond acceptors (Lipinski definition) is 7. The molecule has 1 aliphatic heterocycles. The van der Waals surface area contributed by atoms with E-state index in [2.05, 4.69) is 28.3 Å². The highest BCUT2D eigenvalue weighted by molar-refractivity contribution is 7.85. The number of benzene rings is 1. The van der Waals surface area contributed by atoms with E-state index in [0.29, 0.717) is 30.7 Å². The lowest BCUT2D eigenvalue weighted by molar-refractivity contribution is -0.126. The number of ether oxygens (including phenoxy) is 3. The van der Waals surface area contributed by atoms with E-state index >= 15 is 0 Å². The number of amides is 1.